The highest BCUT2D eigenvalue weighted by atomic mass is 16.2. The van der Waals surface area contributed by atoms with Crippen molar-refractivity contribution in [2.24, 2.45) is 11.7 Å². The fourth-order valence-corrected chi connectivity index (χ4v) is 4.19. The SMILES string of the molecule is CC(C)C(=O)NC1CCCC(n2c(-c3ccccn3)nc3cc(C(N)=O)ccc32)C1. The maximum absolute atomic E-state index is 12.2. The van der Waals surface area contributed by atoms with Crippen LogP contribution in [0.1, 0.15) is 55.9 Å². The van der Waals surface area contributed by atoms with E-state index in [0.717, 1.165) is 48.2 Å². The maximum atomic E-state index is 12.2. The molecule has 0 saturated heterocycles. The first-order valence-corrected chi connectivity index (χ1v) is 10.5. The smallest absolute Gasteiger partial charge is 0.248 e. The molecule has 2 amide bonds. The predicted octanol–water partition coefficient (Wildman–Crippen LogP) is 3.45. The van der Waals surface area contributed by atoms with Gasteiger partial charge in [-0.1, -0.05) is 19.9 Å². The van der Waals surface area contributed by atoms with Gasteiger partial charge in [0.25, 0.3) is 0 Å². The number of hydrogen-bond donors (Lipinski definition) is 2. The number of carbonyl (C=O) groups is 2. The van der Waals surface area contributed by atoms with E-state index in [1.54, 1.807) is 18.3 Å². The standard InChI is InChI=1S/C23H27N5O2/c1-14(2)23(30)26-16-6-5-7-17(13-16)28-20-10-9-15(21(24)29)12-19(20)27-22(28)18-8-3-4-11-25-18/h3-4,8-12,14,16-17H,5-7,13H2,1-2H3,(H2,24,29)(H,26,30). The molecule has 30 heavy (non-hydrogen) atoms. The Morgan fingerprint density at radius 1 is 1.20 bits per heavy atom. The van der Waals surface area contributed by atoms with E-state index >= 15 is 0 Å². The molecule has 0 spiro atoms. The fraction of sp³-hybridized carbons (Fsp3) is 0.391. The van der Waals surface area contributed by atoms with Crippen LogP contribution < -0.4 is 11.1 Å². The second-order valence-electron chi connectivity index (χ2n) is 8.27. The molecule has 1 fully saturated rings. The van der Waals surface area contributed by atoms with Crippen LogP contribution in [0, 0.1) is 5.92 Å². The van der Waals surface area contributed by atoms with Gasteiger partial charge in [0.1, 0.15) is 5.69 Å². The number of benzene rings is 1. The fourth-order valence-electron chi connectivity index (χ4n) is 4.19. The zero-order chi connectivity index (χ0) is 21.3. The highest BCUT2D eigenvalue weighted by Crippen LogP contribution is 2.36. The summed E-state index contributed by atoms with van der Waals surface area (Å²) in [6.45, 7) is 3.82. The summed E-state index contributed by atoms with van der Waals surface area (Å²) < 4.78 is 2.22. The van der Waals surface area contributed by atoms with Gasteiger partial charge in [-0.2, -0.15) is 0 Å². The van der Waals surface area contributed by atoms with Gasteiger partial charge in [0, 0.05) is 29.8 Å². The summed E-state index contributed by atoms with van der Waals surface area (Å²) in [7, 11) is 0. The number of aromatic nitrogens is 3. The van der Waals surface area contributed by atoms with Crippen LogP contribution in [0.3, 0.4) is 0 Å². The number of hydrogen-bond acceptors (Lipinski definition) is 4. The van der Waals surface area contributed by atoms with Crippen LogP contribution in [-0.2, 0) is 4.79 Å². The number of primary amides is 1. The summed E-state index contributed by atoms with van der Waals surface area (Å²) in [6.07, 6.45) is 5.58. The summed E-state index contributed by atoms with van der Waals surface area (Å²) >= 11 is 0. The van der Waals surface area contributed by atoms with Crippen LogP contribution in [0.5, 0.6) is 0 Å². The highest BCUT2D eigenvalue weighted by molar-refractivity contribution is 5.96. The van der Waals surface area contributed by atoms with Crippen LogP contribution >= 0.6 is 0 Å². The van der Waals surface area contributed by atoms with Crippen molar-refractivity contribution < 1.29 is 9.59 Å². The molecule has 1 aliphatic rings. The van der Waals surface area contributed by atoms with Crippen molar-refractivity contribution in [2.75, 3.05) is 0 Å². The lowest BCUT2D eigenvalue weighted by Crippen LogP contribution is -2.40. The summed E-state index contributed by atoms with van der Waals surface area (Å²) in [5, 5.41) is 3.19. The number of nitrogens with zero attached hydrogens (tertiary/aromatic N) is 3. The summed E-state index contributed by atoms with van der Waals surface area (Å²) in [6, 6.07) is 11.5. The van der Waals surface area contributed by atoms with Gasteiger partial charge in [-0.25, -0.2) is 4.98 Å². The number of carbonyl (C=O) groups excluding carboxylic acids is 2. The van der Waals surface area contributed by atoms with Crippen molar-refractivity contribution in [3.05, 3.63) is 48.2 Å². The van der Waals surface area contributed by atoms with E-state index in [9.17, 15) is 9.59 Å². The first-order chi connectivity index (χ1) is 14.4. The molecule has 7 nitrogen and oxygen atoms in total. The third-order valence-electron chi connectivity index (χ3n) is 5.75. The quantitative estimate of drug-likeness (QED) is 0.678. The van der Waals surface area contributed by atoms with E-state index in [2.05, 4.69) is 14.9 Å². The summed E-state index contributed by atoms with van der Waals surface area (Å²) in [5.41, 5.74) is 8.35. The number of fused-ring (bicyclic) bond motifs is 1. The Hall–Kier alpha value is -3.22. The Bertz CT molecular complexity index is 1070. The van der Waals surface area contributed by atoms with Gasteiger partial charge < -0.3 is 15.6 Å². The minimum absolute atomic E-state index is 0.0317. The second kappa shape index (κ2) is 8.26. The lowest BCUT2D eigenvalue weighted by molar-refractivity contribution is -0.125. The molecule has 2 aromatic heterocycles. The van der Waals surface area contributed by atoms with Crippen molar-refractivity contribution in [1.82, 2.24) is 19.9 Å². The van der Waals surface area contributed by atoms with Crippen LogP contribution in [-0.4, -0.2) is 32.4 Å². The molecule has 1 aromatic carbocycles. The van der Waals surface area contributed by atoms with Gasteiger partial charge in [0.15, 0.2) is 5.82 Å². The van der Waals surface area contributed by atoms with Gasteiger partial charge in [-0.05, 0) is 56.0 Å². The van der Waals surface area contributed by atoms with E-state index in [0.29, 0.717) is 5.56 Å². The van der Waals surface area contributed by atoms with Gasteiger partial charge >= 0.3 is 0 Å². The van der Waals surface area contributed by atoms with Crippen LogP contribution in [0.25, 0.3) is 22.6 Å². The third kappa shape index (κ3) is 3.92. The monoisotopic (exact) mass is 405 g/mol. The number of amides is 2. The number of nitrogens with two attached hydrogens (primary N) is 1. The lowest BCUT2D eigenvalue weighted by Gasteiger charge is -2.32. The van der Waals surface area contributed by atoms with Gasteiger partial charge in [0.05, 0.1) is 11.0 Å². The molecule has 2 unspecified atom stereocenters. The van der Waals surface area contributed by atoms with Crippen molar-refractivity contribution in [2.45, 2.75) is 51.6 Å². The van der Waals surface area contributed by atoms with Crippen LogP contribution in [0.4, 0.5) is 0 Å². The van der Waals surface area contributed by atoms with Gasteiger partial charge in [0.2, 0.25) is 11.8 Å². The van der Waals surface area contributed by atoms with Crippen LogP contribution in [0.2, 0.25) is 0 Å². The first-order valence-electron chi connectivity index (χ1n) is 10.5. The number of pyridine rings is 1. The molecule has 2 atom stereocenters. The molecule has 0 aliphatic heterocycles. The Morgan fingerprint density at radius 2 is 2.03 bits per heavy atom. The van der Waals surface area contributed by atoms with E-state index in [1.807, 2.05) is 38.1 Å². The van der Waals surface area contributed by atoms with Crippen molar-refractivity contribution in [3.63, 3.8) is 0 Å². The van der Waals surface area contributed by atoms with E-state index in [-0.39, 0.29) is 23.9 Å². The zero-order valence-electron chi connectivity index (χ0n) is 17.3. The van der Waals surface area contributed by atoms with Crippen molar-refractivity contribution in [3.8, 4) is 11.5 Å². The zero-order valence-corrected chi connectivity index (χ0v) is 17.3. The molecule has 156 valence electrons. The van der Waals surface area contributed by atoms with Crippen molar-refractivity contribution >= 4 is 22.8 Å². The molecule has 3 aromatic rings. The summed E-state index contributed by atoms with van der Waals surface area (Å²) in [5.74, 6) is 0.357. The normalized spacial score (nSPS) is 19.2. The first kappa shape index (κ1) is 20.1. The van der Waals surface area contributed by atoms with Crippen molar-refractivity contribution in [1.29, 1.82) is 0 Å². The number of nitrogens with one attached hydrogen (secondary N) is 1. The minimum Gasteiger partial charge on any atom is -0.366 e. The Balaban J connectivity index is 1.76. The molecule has 1 aliphatic carbocycles. The maximum Gasteiger partial charge on any atom is 0.248 e. The molecule has 1 saturated carbocycles. The molecule has 0 bridgehead atoms. The van der Waals surface area contributed by atoms with E-state index in [1.165, 1.54) is 0 Å². The number of imidazole rings is 1. The third-order valence-corrected chi connectivity index (χ3v) is 5.75. The molecule has 0 radical (unpaired) electrons. The van der Waals surface area contributed by atoms with Gasteiger partial charge in [-0.15, -0.1) is 0 Å². The Labute approximate surface area is 175 Å². The van der Waals surface area contributed by atoms with Gasteiger partial charge in [-0.3, -0.25) is 14.6 Å². The number of rotatable bonds is 5. The minimum atomic E-state index is -0.472. The molecular formula is C23H27N5O2. The highest BCUT2D eigenvalue weighted by Gasteiger charge is 2.28. The molecule has 4 rings (SSSR count). The summed E-state index contributed by atoms with van der Waals surface area (Å²) in [4.78, 5) is 33.2. The largest absolute Gasteiger partial charge is 0.366 e. The lowest BCUT2D eigenvalue weighted by atomic mass is 9.90. The molecule has 7 heteroatoms. The average Bonchev–Trinajstić information content (AvgIpc) is 3.13. The molecule has 2 heterocycles. The Kier molecular flexibility index (Phi) is 5.53. The second-order valence-corrected chi connectivity index (χ2v) is 8.27. The Morgan fingerprint density at radius 3 is 2.73 bits per heavy atom. The van der Waals surface area contributed by atoms with E-state index in [4.69, 9.17) is 10.7 Å². The molecular weight excluding hydrogens is 378 g/mol. The predicted molar refractivity (Wildman–Crippen MR) is 116 cm³/mol. The van der Waals surface area contributed by atoms with Crippen LogP contribution in [0.15, 0.2) is 42.6 Å². The average molecular weight is 406 g/mol. The van der Waals surface area contributed by atoms with E-state index < -0.39 is 5.91 Å². The topological polar surface area (TPSA) is 103 Å². The molecule has 3 N–H and O–H groups in total.